The van der Waals surface area contributed by atoms with Crippen LogP contribution in [0.3, 0.4) is 0 Å². The van der Waals surface area contributed by atoms with Crippen molar-refractivity contribution in [1.82, 2.24) is 0 Å². The summed E-state index contributed by atoms with van der Waals surface area (Å²) in [6.07, 6.45) is 0. The number of fused-ring (bicyclic) bond motifs is 3. The molecule has 0 saturated carbocycles. The normalized spacial score (nSPS) is 13.6. The lowest BCUT2D eigenvalue weighted by molar-refractivity contribution is 0.0430. The first-order valence-corrected chi connectivity index (χ1v) is 10.00. The average Bonchev–Trinajstić information content (AvgIpc) is 3.10. The summed E-state index contributed by atoms with van der Waals surface area (Å²) in [5.41, 5.74) is -12.0. The Morgan fingerprint density at radius 1 is 0.432 bits per heavy atom. The highest BCUT2D eigenvalue weighted by atomic mass is 19.3. The Bertz CT molecular complexity index is 1660. The van der Waals surface area contributed by atoms with E-state index in [1.165, 1.54) is 0 Å². The molecule has 0 saturated heterocycles. The molecule has 0 spiro atoms. The van der Waals surface area contributed by atoms with Gasteiger partial charge in [0.1, 0.15) is 5.82 Å². The number of benzene rings is 4. The van der Waals surface area contributed by atoms with Crippen LogP contribution in [0.5, 0.6) is 0 Å². The van der Waals surface area contributed by atoms with E-state index in [9.17, 15) is 39.5 Å². The minimum Gasteiger partial charge on any atom is -0.207 e. The maximum atomic E-state index is 15.5. The first-order valence-electron chi connectivity index (χ1n) is 10.00. The van der Waals surface area contributed by atoms with Crippen molar-refractivity contribution < 1.29 is 52.7 Å². The monoisotopic (exact) mass is 534 g/mol. The molecule has 0 aromatic heterocycles. The van der Waals surface area contributed by atoms with Gasteiger partial charge in [0.2, 0.25) is 0 Å². The minimum atomic E-state index is -4.99. The maximum Gasteiger partial charge on any atom is 0.303 e. The second-order valence-corrected chi connectivity index (χ2v) is 7.94. The standard InChI is InChI=1S/C25H6F12/c26-7-5-10(17(28)11(27)6-7)8-3-1-2-4-9(8)12-15-13(19(30)22(33)18(12)29)14-16(25(15,36)37)21(32)24(35)23(34)20(14)31/h1-6H. The van der Waals surface area contributed by atoms with Crippen molar-refractivity contribution in [3.8, 4) is 33.4 Å². The van der Waals surface area contributed by atoms with Gasteiger partial charge < -0.3 is 0 Å². The molecule has 0 fully saturated rings. The molecule has 0 heterocycles. The van der Waals surface area contributed by atoms with E-state index in [0.29, 0.717) is 6.07 Å². The number of alkyl halides is 2. The lowest BCUT2D eigenvalue weighted by atomic mass is 9.88. The first-order chi connectivity index (χ1) is 17.3. The number of rotatable bonds is 2. The Balaban J connectivity index is 1.97. The van der Waals surface area contributed by atoms with Gasteiger partial charge >= 0.3 is 5.92 Å². The third-order valence-electron chi connectivity index (χ3n) is 5.95. The summed E-state index contributed by atoms with van der Waals surface area (Å²) >= 11 is 0. The topological polar surface area (TPSA) is 0 Å². The van der Waals surface area contributed by atoms with Crippen LogP contribution in [0.2, 0.25) is 0 Å². The summed E-state index contributed by atoms with van der Waals surface area (Å²) in [5.74, 6) is -27.6. The highest BCUT2D eigenvalue weighted by Crippen LogP contribution is 2.59. The van der Waals surface area contributed by atoms with Crippen LogP contribution in [0.4, 0.5) is 52.7 Å². The van der Waals surface area contributed by atoms with Crippen LogP contribution in [0, 0.1) is 58.2 Å². The van der Waals surface area contributed by atoms with Crippen molar-refractivity contribution in [1.29, 1.82) is 0 Å². The third-order valence-corrected chi connectivity index (χ3v) is 5.95. The van der Waals surface area contributed by atoms with Gasteiger partial charge in [0.25, 0.3) is 0 Å². The molecule has 12 heteroatoms. The van der Waals surface area contributed by atoms with Crippen LogP contribution >= 0.6 is 0 Å². The van der Waals surface area contributed by atoms with E-state index < -0.39 is 109 Å². The van der Waals surface area contributed by atoms with Gasteiger partial charge in [0.15, 0.2) is 52.4 Å². The molecule has 0 unspecified atom stereocenters. The summed E-state index contributed by atoms with van der Waals surface area (Å²) in [5, 5.41) is 0. The molecule has 37 heavy (non-hydrogen) atoms. The van der Waals surface area contributed by atoms with Crippen LogP contribution in [-0.2, 0) is 5.92 Å². The Morgan fingerprint density at radius 3 is 1.54 bits per heavy atom. The Morgan fingerprint density at radius 2 is 0.919 bits per heavy atom. The quantitative estimate of drug-likeness (QED) is 0.137. The largest absolute Gasteiger partial charge is 0.303 e. The van der Waals surface area contributed by atoms with E-state index in [1.54, 1.807) is 0 Å². The van der Waals surface area contributed by atoms with Crippen LogP contribution in [0.1, 0.15) is 11.1 Å². The molecular formula is C25H6F12. The van der Waals surface area contributed by atoms with Gasteiger partial charge in [0.05, 0.1) is 5.56 Å². The molecule has 0 N–H and O–H groups in total. The lowest BCUT2D eigenvalue weighted by Crippen LogP contribution is -2.17. The number of hydrogen-bond donors (Lipinski definition) is 0. The minimum absolute atomic E-state index is 0.136. The molecule has 0 atom stereocenters. The smallest absolute Gasteiger partial charge is 0.207 e. The SMILES string of the molecule is Fc1cc(F)c(F)c(-c2ccccc2-c2c(F)c(F)c(F)c3c2C(F)(F)c2c(F)c(F)c(F)c(F)c2-3)c1. The van der Waals surface area contributed by atoms with Crippen molar-refractivity contribution in [2.24, 2.45) is 0 Å². The molecular weight excluding hydrogens is 528 g/mol. The highest BCUT2D eigenvalue weighted by molar-refractivity contribution is 5.93. The van der Waals surface area contributed by atoms with Crippen LogP contribution < -0.4 is 0 Å². The summed E-state index contributed by atoms with van der Waals surface area (Å²) in [6.45, 7) is 0. The highest BCUT2D eigenvalue weighted by Gasteiger charge is 2.54. The van der Waals surface area contributed by atoms with E-state index in [0.717, 1.165) is 24.3 Å². The van der Waals surface area contributed by atoms with Crippen molar-refractivity contribution >= 4 is 0 Å². The van der Waals surface area contributed by atoms with E-state index >= 15 is 13.2 Å². The second-order valence-electron chi connectivity index (χ2n) is 7.94. The molecule has 1 aliphatic carbocycles. The molecule has 1 aliphatic rings. The fourth-order valence-electron chi connectivity index (χ4n) is 4.44. The van der Waals surface area contributed by atoms with Crippen molar-refractivity contribution in [2.45, 2.75) is 5.92 Å². The van der Waals surface area contributed by atoms with Crippen molar-refractivity contribution in [3.05, 3.63) is 106 Å². The third kappa shape index (κ3) is 3.20. The second kappa shape index (κ2) is 8.02. The zero-order valence-electron chi connectivity index (χ0n) is 17.5. The Labute approximate surface area is 198 Å². The molecule has 0 radical (unpaired) electrons. The maximum absolute atomic E-state index is 15.5. The van der Waals surface area contributed by atoms with Gasteiger partial charge in [-0.1, -0.05) is 24.3 Å². The van der Waals surface area contributed by atoms with Gasteiger partial charge in [-0.3, -0.25) is 0 Å². The fraction of sp³-hybridized carbons (Fsp3) is 0.0400. The summed E-state index contributed by atoms with van der Waals surface area (Å²) in [6, 6.07) is 4.25. The molecule has 0 amide bonds. The van der Waals surface area contributed by atoms with Gasteiger partial charge in [-0.2, -0.15) is 8.78 Å². The van der Waals surface area contributed by atoms with E-state index in [-0.39, 0.29) is 6.07 Å². The van der Waals surface area contributed by atoms with E-state index in [1.807, 2.05) is 0 Å². The zero-order chi connectivity index (χ0) is 27.1. The first kappa shape index (κ1) is 24.7. The molecule has 0 aliphatic heterocycles. The predicted molar refractivity (Wildman–Crippen MR) is 105 cm³/mol. The molecule has 0 bridgehead atoms. The van der Waals surface area contributed by atoms with Gasteiger partial charge in [-0.15, -0.1) is 0 Å². The number of halogens is 12. The molecule has 5 rings (SSSR count). The molecule has 0 nitrogen and oxygen atoms in total. The average molecular weight is 534 g/mol. The van der Waals surface area contributed by atoms with Crippen molar-refractivity contribution in [3.63, 3.8) is 0 Å². The fourth-order valence-corrected chi connectivity index (χ4v) is 4.44. The van der Waals surface area contributed by atoms with Gasteiger partial charge in [-0.05, 0) is 17.2 Å². The molecule has 4 aromatic rings. The molecule has 190 valence electrons. The van der Waals surface area contributed by atoms with Crippen LogP contribution in [0.15, 0.2) is 36.4 Å². The van der Waals surface area contributed by atoms with Gasteiger partial charge in [-0.25, -0.2) is 43.9 Å². The molecule has 4 aromatic carbocycles. The zero-order valence-corrected chi connectivity index (χ0v) is 17.5. The summed E-state index contributed by atoms with van der Waals surface area (Å²) in [4.78, 5) is 0. The Kier molecular flexibility index (Phi) is 5.36. The summed E-state index contributed by atoms with van der Waals surface area (Å²) < 4.78 is 175. The predicted octanol–water partition coefficient (Wildman–Crippen LogP) is 8.53. The van der Waals surface area contributed by atoms with E-state index in [4.69, 9.17) is 0 Å². The summed E-state index contributed by atoms with van der Waals surface area (Å²) in [7, 11) is 0. The Hall–Kier alpha value is -3.96. The van der Waals surface area contributed by atoms with Crippen LogP contribution in [0.25, 0.3) is 33.4 Å². The van der Waals surface area contributed by atoms with E-state index in [2.05, 4.69) is 0 Å². The van der Waals surface area contributed by atoms with Gasteiger partial charge in [0, 0.05) is 33.9 Å². The van der Waals surface area contributed by atoms with Crippen molar-refractivity contribution in [2.75, 3.05) is 0 Å². The van der Waals surface area contributed by atoms with Crippen LogP contribution in [-0.4, -0.2) is 0 Å². The lowest BCUT2D eigenvalue weighted by Gasteiger charge is -2.20. The number of hydrogen-bond acceptors (Lipinski definition) is 0.